The molecule has 0 aliphatic heterocycles. The Bertz CT molecular complexity index is 2830. The van der Waals surface area contributed by atoms with Crippen LogP contribution in [0.25, 0.3) is 65.2 Å². The molecule has 0 spiro atoms. The lowest BCUT2D eigenvalue weighted by Gasteiger charge is -2.29. The van der Waals surface area contributed by atoms with Crippen molar-refractivity contribution >= 4 is 82.5 Å². The molecule has 9 aromatic rings. The van der Waals surface area contributed by atoms with E-state index in [0.29, 0.717) is 0 Å². The van der Waals surface area contributed by atoms with Crippen LogP contribution >= 0.6 is 11.3 Å². The topological polar surface area (TPSA) is 16.4 Å². The van der Waals surface area contributed by atoms with Gasteiger partial charge < -0.3 is 9.32 Å². The fourth-order valence-corrected chi connectivity index (χ4v) is 8.74. The highest BCUT2D eigenvalue weighted by Crippen LogP contribution is 2.49. The molecule has 0 bridgehead atoms. The predicted octanol–water partition coefficient (Wildman–Crippen LogP) is 11.3. The van der Waals surface area contributed by atoms with Crippen LogP contribution in [0.5, 0.6) is 0 Å². The van der Waals surface area contributed by atoms with Gasteiger partial charge in [-0.05, 0) is 57.8 Å². The van der Waals surface area contributed by atoms with Gasteiger partial charge >= 0.3 is 0 Å². The van der Waals surface area contributed by atoms with Crippen LogP contribution in [0.15, 0.2) is 156 Å². The summed E-state index contributed by atoms with van der Waals surface area (Å²) in [6.07, 6.45) is 5.35. The fourth-order valence-electron chi connectivity index (χ4n) is 7.53. The fraction of sp³-hybridized carbons (Fsp3) is 0.0222. The van der Waals surface area contributed by atoms with Crippen molar-refractivity contribution in [3.8, 4) is 11.1 Å². The molecule has 0 unspecified atom stereocenters. The first kappa shape index (κ1) is 27.2. The maximum atomic E-state index is 6.61. The van der Waals surface area contributed by atoms with Crippen LogP contribution in [0.2, 0.25) is 0 Å². The summed E-state index contributed by atoms with van der Waals surface area (Å²) in [5.41, 5.74) is 7.86. The summed E-state index contributed by atoms with van der Waals surface area (Å²) in [5, 5.41) is 8.62. The van der Waals surface area contributed by atoms with Crippen molar-refractivity contribution in [1.82, 2.24) is 0 Å². The Morgan fingerprint density at radius 1 is 0.521 bits per heavy atom. The molecule has 48 heavy (non-hydrogen) atoms. The van der Waals surface area contributed by atoms with Crippen LogP contribution in [0.1, 0.15) is 11.3 Å². The van der Waals surface area contributed by atoms with Crippen LogP contribution < -0.4 is 15.3 Å². The first-order valence-electron chi connectivity index (χ1n) is 16.4. The van der Waals surface area contributed by atoms with Crippen LogP contribution in [-0.4, -0.2) is 0 Å². The van der Waals surface area contributed by atoms with Crippen molar-refractivity contribution in [2.24, 2.45) is 0 Å². The van der Waals surface area contributed by atoms with Gasteiger partial charge in [-0.3, -0.25) is 0 Å². The summed E-state index contributed by atoms with van der Waals surface area (Å²) in [6.45, 7) is 0. The zero-order valence-electron chi connectivity index (χ0n) is 26.1. The highest BCUT2D eigenvalue weighted by Gasteiger charge is 2.24. The molecule has 2 heterocycles. The number of para-hydroxylation sites is 1. The molecule has 0 fully saturated rings. The minimum absolute atomic E-state index is 0.759. The Morgan fingerprint density at radius 3 is 2.15 bits per heavy atom. The summed E-state index contributed by atoms with van der Waals surface area (Å²) >= 11 is 1.87. The van der Waals surface area contributed by atoms with Crippen molar-refractivity contribution in [3.63, 3.8) is 0 Å². The van der Waals surface area contributed by atoms with Crippen molar-refractivity contribution < 1.29 is 4.42 Å². The van der Waals surface area contributed by atoms with Crippen molar-refractivity contribution in [3.05, 3.63) is 173 Å². The standard InChI is InChI=1S/C45H29NOS/c1-2-14-31-28-37-41(27-26-29(31)12-1)47-42-24-11-19-35(44(37)42)33-17-5-7-21-39(33)46(38-22-9-15-30-13-3-4-16-32(30)38)40-23-10-20-36-34-18-6-8-25-43(34)48-45(36)40/h1-26,28H,27H2. The number of rotatable bonds is 4. The Hall–Kier alpha value is -5.90. The van der Waals surface area contributed by atoms with Gasteiger partial charge in [-0.2, -0.15) is 0 Å². The molecular weight excluding hydrogens is 603 g/mol. The Balaban J connectivity index is 1.29. The smallest absolute Gasteiger partial charge is 0.135 e. The third-order valence-electron chi connectivity index (χ3n) is 9.70. The van der Waals surface area contributed by atoms with E-state index in [1.54, 1.807) is 0 Å². The minimum atomic E-state index is 0.759. The van der Waals surface area contributed by atoms with E-state index in [9.17, 15) is 0 Å². The van der Waals surface area contributed by atoms with E-state index in [-0.39, 0.29) is 0 Å². The van der Waals surface area contributed by atoms with Gasteiger partial charge in [-0.25, -0.2) is 0 Å². The summed E-state index contributed by atoms with van der Waals surface area (Å²) in [5.74, 6) is 1.01. The van der Waals surface area contributed by atoms with Gasteiger partial charge in [-0.15, -0.1) is 11.3 Å². The first-order chi connectivity index (χ1) is 23.8. The molecule has 0 radical (unpaired) electrons. The predicted molar refractivity (Wildman–Crippen MR) is 204 cm³/mol. The number of anilines is 3. The molecule has 3 heteroatoms. The van der Waals surface area contributed by atoms with Crippen molar-refractivity contribution in [1.29, 1.82) is 0 Å². The second-order valence-corrected chi connectivity index (χ2v) is 13.5. The molecule has 7 aromatic carbocycles. The van der Waals surface area contributed by atoms with Gasteiger partial charge in [0.25, 0.3) is 0 Å². The van der Waals surface area contributed by atoms with E-state index in [0.717, 1.165) is 45.7 Å². The minimum Gasteiger partial charge on any atom is -0.460 e. The first-order valence-corrected chi connectivity index (χ1v) is 17.2. The number of hydrogen-bond acceptors (Lipinski definition) is 3. The van der Waals surface area contributed by atoms with E-state index in [4.69, 9.17) is 4.42 Å². The third kappa shape index (κ3) is 4.18. The lowest BCUT2D eigenvalue weighted by molar-refractivity contribution is 0.568. The summed E-state index contributed by atoms with van der Waals surface area (Å²) in [4.78, 5) is 2.49. The van der Waals surface area contributed by atoms with Gasteiger partial charge in [0.1, 0.15) is 11.3 Å². The maximum absolute atomic E-state index is 6.61. The Labute approximate surface area is 281 Å². The zero-order valence-corrected chi connectivity index (χ0v) is 26.9. The molecule has 226 valence electrons. The lowest BCUT2D eigenvalue weighted by Crippen LogP contribution is -2.22. The van der Waals surface area contributed by atoms with Crippen LogP contribution in [0.4, 0.5) is 17.1 Å². The summed E-state index contributed by atoms with van der Waals surface area (Å²) < 4.78 is 9.18. The number of nitrogens with zero attached hydrogens (tertiary/aromatic N) is 1. The third-order valence-corrected chi connectivity index (χ3v) is 10.9. The average molecular weight is 632 g/mol. The number of fused-ring (bicyclic) bond motifs is 8. The second-order valence-electron chi connectivity index (χ2n) is 12.4. The van der Waals surface area contributed by atoms with Crippen molar-refractivity contribution in [2.45, 2.75) is 6.42 Å². The highest BCUT2D eigenvalue weighted by molar-refractivity contribution is 7.26. The largest absolute Gasteiger partial charge is 0.460 e. The number of benzene rings is 7. The molecule has 1 aliphatic rings. The van der Waals surface area contributed by atoms with Crippen LogP contribution in [0, 0.1) is 0 Å². The summed E-state index contributed by atoms with van der Waals surface area (Å²) in [7, 11) is 0. The van der Waals surface area contributed by atoms with Gasteiger partial charge in [0, 0.05) is 43.8 Å². The van der Waals surface area contributed by atoms with E-state index >= 15 is 0 Å². The highest BCUT2D eigenvalue weighted by atomic mass is 32.1. The van der Waals surface area contributed by atoms with Crippen molar-refractivity contribution in [2.75, 3.05) is 4.90 Å². The number of thiophene rings is 1. The van der Waals surface area contributed by atoms with Crippen LogP contribution in [0.3, 0.4) is 0 Å². The molecule has 0 N–H and O–H groups in total. The molecule has 0 atom stereocenters. The Kier molecular flexibility index (Phi) is 6.15. The van der Waals surface area contributed by atoms with E-state index in [1.807, 2.05) is 11.3 Å². The number of hydrogen-bond donors (Lipinski definition) is 0. The van der Waals surface area contributed by atoms with E-state index < -0.39 is 0 Å². The summed E-state index contributed by atoms with van der Waals surface area (Å²) in [6, 6.07) is 54.8. The molecule has 2 aromatic heterocycles. The maximum Gasteiger partial charge on any atom is 0.135 e. The van der Waals surface area contributed by atoms with Crippen LogP contribution in [-0.2, 0) is 6.42 Å². The molecule has 0 saturated carbocycles. The van der Waals surface area contributed by atoms with E-state index in [1.165, 1.54) is 52.6 Å². The Morgan fingerprint density at radius 2 is 1.19 bits per heavy atom. The average Bonchev–Trinajstić information content (AvgIpc) is 3.64. The second kappa shape index (κ2) is 10.8. The molecule has 2 nitrogen and oxygen atoms in total. The molecule has 1 aliphatic carbocycles. The number of furan rings is 1. The normalized spacial score (nSPS) is 12.4. The lowest BCUT2D eigenvalue weighted by atomic mass is 9.95. The molecular formula is C45H29NOS. The quantitative estimate of drug-likeness (QED) is 0.192. The van der Waals surface area contributed by atoms with Gasteiger partial charge in [0.15, 0.2) is 0 Å². The van der Waals surface area contributed by atoms with Gasteiger partial charge in [-0.1, -0.05) is 127 Å². The molecule has 0 amide bonds. The monoisotopic (exact) mass is 631 g/mol. The molecule has 10 rings (SSSR count). The van der Waals surface area contributed by atoms with Gasteiger partial charge in [0.2, 0.25) is 0 Å². The zero-order chi connectivity index (χ0) is 31.6. The van der Waals surface area contributed by atoms with E-state index in [2.05, 4.69) is 169 Å². The van der Waals surface area contributed by atoms with Gasteiger partial charge in [0.05, 0.1) is 21.8 Å². The SMILES string of the molecule is C1=c2ccccc2=Cc2c(oc3cccc(-c4ccccc4N(c4cccc5ccccc45)c4cccc5c4sc4ccccc45)c23)C1. The molecule has 0 saturated heterocycles.